The molecule has 2 rings (SSSR count). The first-order valence-electron chi connectivity index (χ1n) is 4.60. The largest absolute Gasteiger partial charge is 0.358 e. The second kappa shape index (κ2) is 3.54. The minimum Gasteiger partial charge on any atom is -0.358 e. The van der Waals surface area contributed by atoms with Gasteiger partial charge in [0.25, 0.3) is 0 Å². The van der Waals surface area contributed by atoms with E-state index in [1.807, 2.05) is 38.4 Å². The second-order valence-corrected chi connectivity index (χ2v) is 3.14. The van der Waals surface area contributed by atoms with Gasteiger partial charge in [0.2, 0.25) is 5.95 Å². The van der Waals surface area contributed by atoms with E-state index in [2.05, 4.69) is 27.0 Å². The van der Waals surface area contributed by atoms with Crippen LogP contribution in [-0.2, 0) is 0 Å². The minimum absolute atomic E-state index is 0.869. The zero-order valence-corrected chi connectivity index (χ0v) is 8.36. The van der Waals surface area contributed by atoms with E-state index in [1.54, 1.807) is 0 Å². The highest BCUT2D eigenvalue weighted by Crippen LogP contribution is 2.16. The predicted molar refractivity (Wildman–Crippen MR) is 57.8 cm³/mol. The Morgan fingerprint density at radius 2 is 1.93 bits per heavy atom. The van der Waals surface area contributed by atoms with Gasteiger partial charge < -0.3 is 5.32 Å². The topological polar surface area (TPSA) is 29.9 Å². The fourth-order valence-corrected chi connectivity index (χ4v) is 1.52. The van der Waals surface area contributed by atoms with Crippen LogP contribution in [0.25, 0.3) is 5.69 Å². The Labute approximate surface area is 83.4 Å². The van der Waals surface area contributed by atoms with E-state index in [-0.39, 0.29) is 0 Å². The van der Waals surface area contributed by atoms with Crippen molar-refractivity contribution in [3.8, 4) is 5.69 Å². The lowest BCUT2D eigenvalue weighted by atomic mass is 10.3. The van der Waals surface area contributed by atoms with Crippen molar-refractivity contribution in [2.75, 3.05) is 12.4 Å². The molecule has 3 heteroatoms. The van der Waals surface area contributed by atoms with Crippen molar-refractivity contribution in [3.05, 3.63) is 42.2 Å². The summed E-state index contributed by atoms with van der Waals surface area (Å²) >= 11 is 0. The molecule has 0 aliphatic rings. The average Bonchev–Trinajstić information content (AvgIpc) is 2.61. The average molecular weight is 187 g/mol. The van der Waals surface area contributed by atoms with Crippen LogP contribution in [0.4, 0.5) is 5.95 Å². The smallest absolute Gasteiger partial charge is 0.207 e. The van der Waals surface area contributed by atoms with Crippen LogP contribution in [-0.4, -0.2) is 16.6 Å². The quantitative estimate of drug-likeness (QED) is 0.781. The van der Waals surface area contributed by atoms with E-state index in [4.69, 9.17) is 0 Å². The molecule has 3 nitrogen and oxygen atoms in total. The summed E-state index contributed by atoms with van der Waals surface area (Å²) in [4.78, 5) is 4.26. The molecule has 1 aromatic heterocycles. The van der Waals surface area contributed by atoms with Gasteiger partial charge in [0.1, 0.15) is 0 Å². The molecule has 0 amide bonds. The monoisotopic (exact) mass is 187 g/mol. The zero-order chi connectivity index (χ0) is 9.97. The molecule has 1 aromatic carbocycles. The third-order valence-electron chi connectivity index (χ3n) is 2.18. The molecular formula is C11H13N3. The lowest BCUT2D eigenvalue weighted by Gasteiger charge is -2.08. The summed E-state index contributed by atoms with van der Waals surface area (Å²) in [5.41, 5.74) is 2.26. The van der Waals surface area contributed by atoms with Gasteiger partial charge >= 0.3 is 0 Å². The Morgan fingerprint density at radius 3 is 2.57 bits per heavy atom. The van der Waals surface area contributed by atoms with Crippen LogP contribution in [0.1, 0.15) is 5.69 Å². The van der Waals surface area contributed by atoms with Gasteiger partial charge in [-0.15, -0.1) is 0 Å². The molecule has 0 aliphatic heterocycles. The van der Waals surface area contributed by atoms with Gasteiger partial charge in [0.15, 0.2) is 0 Å². The van der Waals surface area contributed by atoms with Crippen LogP contribution in [0.2, 0.25) is 0 Å². The van der Waals surface area contributed by atoms with Gasteiger partial charge in [-0.2, -0.15) is 0 Å². The number of anilines is 1. The number of nitrogens with one attached hydrogen (secondary N) is 1. The van der Waals surface area contributed by atoms with Crippen molar-refractivity contribution < 1.29 is 0 Å². The molecule has 0 fully saturated rings. The van der Waals surface area contributed by atoms with Crippen LogP contribution in [0, 0.1) is 6.92 Å². The van der Waals surface area contributed by atoms with Gasteiger partial charge in [-0.3, -0.25) is 4.57 Å². The molecule has 1 heterocycles. The maximum absolute atomic E-state index is 4.26. The van der Waals surface area contributed by atoms with Crippen LogP contribution in [0.3, 0.4) is 0 Å². The van der Waals surface area contributed by atoms with E-state index in [0.717, 1.165) is 17.3 Å². The van der Waals surface area contributed by atoms with Crippen LogP contribution >= 0.6 is 0 Å². The summed E-state index contributed by atoms with van der Waals surface area (Å²) in [5.74, 6) is 0.869. The maximum Gasteiger partial charge on any atom is 0.207 e. The summed E-state index contributed by atoms with van der Waals surface area (Å²) in [6.07, 6.45) is 1.86. The van der Waals surface area contributed by atoms with E-state index < -0.39 is 0 Å². The number of nitrogens with zero attached hydrogens (tertiary/aromatic N) is 2. The molecule has 0 saturated carbocycles. The van der Waals surface area contributed by atoms with E-state index in [1.165, 1.54) is 0 Å². The minimum atomic E-state index is 0.869. The number of para-hydroxylation sites is 1. The van der Waals surface area contributed by atoms with Crippen molar-refractivity contribution in [1.29, 1.82) is 0 Å². The van der Waals surface area contributed by atoms with Crippen LogP contribution < -0.4 is 5.32 Å². The van der Waals surface area contributed by atoms with Crippen molar-refractivity contribution in [3.63, 3.8) is 0 Å². The number of hydrogen-bond acceptors (Lipinski definition) is 2. The number of imidazole rings is 1. The van der Waals surface area contributed by atoms with Crippen molar-refractivity contribution in [2.24, 2.45) is 0 Å². The molecule has 72 valence electrons. The Balaban J connectivity index is 2.55. The summed E-state index contributed by atoms with van der Waals surface area (Å²) < 4.78 is 2.08. The van der Waals surface area contributed by atoms with Crippen LogP contribution in [0.5, 0.6) is 0 Å². The Bertz CT molecular complexity index is 417. The third kappa shape index (κ3) is 1.37. The fraction of sp³-hybridized carbons (Fsp3) is 0.182. The van der Waals surface area contributed by atoms with Crippen LogP contribution in [0.15, 0.2) is 36.5 Å². The number of benzene rings is 1. The molecule has 0 unspecified atom stereocenters. The lowest BCUT2D eigenvalue weighted by molar-refractivity contribution is 1.01. The Kier molecular flexibility index (Phi) is 2.23. The summed E-state index contributed by atoms with van der Waals surface area (Å²) in [6.45, 7) is 2.04. The Hall–Kier alpha value is -1.77. The fourth-order valence-electron chi connectivity index (χ4n) is 1.52. The summed E-state index contributed by atoms with van der Waals surface area (Å²) in [6, 6.07) is 10.2. The highest BCUT2D eigenvalue weighted by molar-refractivity contribution is 5.43. The van der Waals surface area contributed by atoms with Gasteiger partial charge in [-0.05, 0) is 19.1 Å². The van der Waals surface area contributed by atoms with E-state index in [0.29, 0.717) is 0 Å². The molecule has 14 heavy (non-hydrogen) atoms. The summed E-state index contributed by atoms with van der Waals surface area (Å²) in [5, 5.41) is 3.07. The molecule has 0 aliphatic carbocycles. The first-order chi connectivity index (χ1) is 6.83. The highest BCUT2D eigenvalue weighted by atomic mass is 15.2. The van der Waals surface area contributed by atoms with Gasteiger partial charge in [-0.25, -0.2) is 4.98 Å². The zero-order valence-electron chi connectivity index (χ0n) is 8.36. The molecule has 0 atom stereocenters. The van der Waals surface area contributed by atoms with Gasteiger partial charge in [-0.1, -0.05) is 18.2 Å². The van der Waals surface area contributed by atoms with Crippen molar-refractivity contribution in [2.45, 2.75) is 6.92 Å². The van der Waals surface area contributed by atoms with E-state index in [9.17, 15) is 0 Å². The third-order valence-corrected chi connectivity index (χ3v) is 2.18. The SMILES string of the molecule is CNc1ncc(C)n1-c1ccccc1. The van der Waals surface area contributed by atoms with Crippen molar-refractivity contribution >= 4 is 5.95 Å². The second-order valence-electron chi connectivity index (χ2n) is 3.14. The number of hydrogen-bond donors (Lipinski definition) is 1. The first-order valence-corrected chi connectivity index (χ1v) is 4.60. The molecule has 0 radical (unpaired) electrons. The molecule has 1 N–H and O–H groups in total. The highest BCUT2D eigenvalue weighted by Gasteiger charge is 2.05. The normalized spacial score (nSPS) is 10.1. The molecule has 2 aromatic rings. The predicted octanol–water partition coefficient (Wildman–Crippen LogP) is 2.22. The number of rotatable bonds is 2. The number of aromatic nitrogens is 2. The molecule has 0 spiro atoms. The van der Waals surface area contributed by atoms with Gasteiger partial charge in [0.05, 0.1) is 6.20 Å². The first kappa shape index (κ1) is 8.81. The van der Waals surface area contributed by atoms with Gasteiger partial charge in [0, 0.05) is 18.4 Å². The van der Waals surface area contributed by atoms with Crippen molar-refractivity contribution in [1.82, 2.24) is 9.55 Å². The molecular weight excluding hydrogens is 174 g/mol. The Morgan fingerprint density at radius 1 is 1.21 bits per heavy atom. The lowest BCUT2D eigenvalue weighted by Crippen LogP contribution is -2.02. The standard InChI is InChI=1S/C11H13N3/c1-9-8-13-11(12-2)14(9)10-6-4-3-5-7-10/h3-8H,1-2H3,(H,12,13). The number of aryl methyl sites for hydroxylation is 1. The molecule has 0 saturated heterocycles. The molecule has 0 bridgehead atoms. The van der Waals surface area contributed by atoms with E-state index >= 15 is 0 Å². The summed E-state index contributed by atoms with van der Waals surface area (Å²) in [7, 11) is 1.88. The maximum atomic E-state index is 4.26.